The van der Waals surface area contributed by atoms with Crippen LogP contribution in [0.1, 0.15) is 4.88 Å². The molecule has 1 fully saturated rings. The summed E-state index contributed by atoms with van der Waals surface area (Å²) in [6, 6.07) is 0. The van der Waals surface area contributed by atoms with E-state index in [1.807, 2.05) is 16.8 Å². The van der Waals surface area contributed by atoms with Crippen molar-refractivity contribution in [2.75, 3.05) is 45.6 Å². The molecule has 1 saturated heterocycles. The Labute approximate surface area is 110 Å². The van der Waals surface area contributed by atoms with Crippen LogP contribution in [0.25, 0.3) is 0 Å². The molecule has 0 saturated carbocycles. The Kier molecular flexibility index (Phi) is 4.51. The van der Waals surface area contributed by atoms with Gasteiger partial charge in [0.15, 0.2) is 5.13 Å². The largest absolute Gasteiger partial charge is 0.378 e. The normalized spacial score (nSPS) is 16.2. The highest BCUT2D eigenvalue weighted by atomic mass is 32.1. The van der Waals surface area contributed by atoms with Crippen LogP contribution >= 0.6 is 11.3 Å². The van der Waals surface area contributed by atoms with Crippen molar-refractivity contribution in [3.63, 3.8) is 0 Å². The van der Waals surface area contributed by atoms with Crippen molar-refractivity contribution in [1.82, 2.24) is 14.8 Å². The van der Waals surface area contributed by atoms with Gasteiger partial charge in [0.1, 0.15) is 0 Å². The standard InChI is InChI=1S/C11H18N4O2S/c1-14(7-9-6-13-11(12)18-9)8-10(16)15-2-4-17-5-3-15/h6H,2-5,7-8H2,1H3,(H2,12,13). The molecule has 0 radical (unpaired) electrons. The van der Waals surface area contributed by atoms with Gasteiger partial charge in [-0.15, -0.1) is 11.3 Å². The van der Waals surface area contributed by atoms with Crippen molar-refractivity contribution in [2.45, 2.75) is 6.54 Å². The minimum atomic E-state index is 0.151. The number of morpholine rings is 1. The van der Waals surface area contributed by atoms with Crippen LogP contribution in [-0.4, -0.2) is 60.6 Å². The quantitative estimate of drug-likeness (QED) is 0.835. The first kappa shape index (κ1) is 13.3. The number of nitrogen functional groups attached to an aromatic ring is 1. The van der Waals surface area contributed by atoms with Gasteiger partial charge >= 0.3 is 0 Å². The molecule has 0 spiro atoms. The Morgan fingerprint density at radius 1 is 1.61 bits per heavy atom. The van der Waals surface area contributed by atoms with Crippen LogP contribution in [0.15, 0.2) is 6.20 Å². The van der Waals surface area contributed by atoms with E-state index in [1.165, 1.54) is 11.3 Å². The van der Waals surface area contributed by atoms with E-state index < -0.39 is 0 Å². The maximum Gasteiger partial charge on any atom is 0.236 e. The highest BCUT2D eigenvalue weighted by Gasteiger charge is 2.18. The first-order valence-electron chi connectivity index (χ1n) is 5.89. The zero-order valence-electron chi connectivity index (χ0n) is 10.5. The van der Waals surface area contributed by atoms with E-state index in [9.17, 15) is 4.79 Å². The van der Waals surface area contributed by atoms with Crippen LogP contribution in [0.4, 0.5) is 5.13 Å². The maximum atomic E-state index is 12.0. The van der Waals surface area contributed by atoms with Crippen LogP contribution in [0.3, 0.4) is 0 Å². The van der Waals surface area contributed by atoms with E-state index in [4.69, 9.17) is 10.5 Å². The molecule has 2 heterocycles. The first-order chi connectivity index (χ1) is 8.65. The summed E-state index contributed by atoms with van der Waals surface area (Å²) in [5.41, 5.74) is 5.57. The second kappa shape index (κ2) is 6.12. The van der Waals surface area contributed by atoms with Crippen molar-refractivity contribution in [1.29, 1.82) is 0 Å². The van der Waals surface area contributed by atoms with Crippen LogP contribution < -0.4 is 5.73 Å². The van der Waals surface area contributed by atoms with Crippen LogP contribution in [0.5, 0.6) is 0 Å². The Morgan fingerprint density at radius 2 is 2.33 bits per heavy atom. The zero-order valence-corrected chi connectivity index (χ0v) is 11.3. The molecular formula is C11H18N4O2S. The number of ether oxygens (including phenoxy) is 1. The molecule has 0 aliphatic carbocycles. The van der Waals surface area contributed by atoms with Gasteiger partial charge < -0.3 is 15.4 Å². The molecule has 6 nitrogen and oxygen atoms in total. The molecule has 100 valence electrons. The molecular weight excluding hydrogens is 252 g/mol. The number of hydrogen-bond donors (Lipinski definition) is 1. The van der Waals surface area contributed by atoms with Crippen molar-refractivity contribution in [3.8, 4) is 0 Å². The van der Waals surface area contributed by atoms with Gasteiger partial charge in [0.05, 0.1) is 19.8 Å². The van der Waals surface area contributed by atoms with Gasteiger partial charge in [0.25, 0.3) is 0 Å². The molecule has 2 N–H and O–H groups in total. The highest BCUT2D eigenvalue weighted by molar-refractivity contribution is 7.15. The van der Waals surface area contributed by atoms with Crippen molar-refractivity contribution >= 4 is 22.4 Å². The molecule has 1 aliphatic rings. The number of rotatable bonds is 4. The van der Waals surface area contributed by atoms with E-state index in [2.05, 4.69) is 4.98 Å². The predicted octanol–water partition coefficient (Wildman–Crippen LogP) is 0.0159. The van der Waals surface area contributed by atoms with Gasteiger partial charge in [0, 0.05) is 30.7 Å². The number of amides is 1. The minimum absolute atomic E-state index is 0.151. The topological polar surface area (TPSA) is 71.7 Å². The lowest BCUT2D eigenvalue weighted by Gasteiger charge is -2.28. The third-order valence-corrected chi connectivity index (χ3v) is 3.58. The Hall–Kier alpha value is -1.18. The number of thiazole rings is 1. The van der Waals surface area contributed by atoms with Gasteiger partial charge in [-0.1, -0.05) is 0 Å². The fourth-order valence-corrected chi connectivity index (χ4v) is 2.63. The highest BCUT2D eigenvalue weighted by Crippen LogP contribution is 2.15. The second-order valence-corrected chi connectivity index (χ2v) is 5.48. The van der Waals surface area contributed by atoms with Gasteiger partial charge in [0.2, 0.25) is 5.91 Å². The average Bonchev–Trinajstić information content (AvgIpc) is 2.75. The number of nitrogens with zero attached hydrogens (tertiary/aromatic N) is 3. The molecule has 1 aromatic rings. The minimum Gasteiger partial charge on any atom is -0.378 e. The first-order valence-corrected chi connectivity index (χ1v) is 6.71. The van der Waals surface area contributed by atoms with E-state index in [0.29, 0.717) is 44.5 Å². The van der Waals surface area contributed by atoms with Gasteiger partial charge in [-0.2, -0.15) is 0 Å². The molecule has 0 aromatic carbocycles. The molecule has 18 heavy (non-hydrogen) atoms. The molecule has 1 aromatic heterocycles. The average molecular weight is 270 g/mol. The van der Waals surface area contributed by atoms with Crippen molar-refractivity contribution < 1.29 is 9.53 Å². The predicted molar refractivity (Wildman–Crippen MR) is 70.3 cm³/mol. The monoisotopic (exact) mass is 270 g/mol. The van der Waals surface area contributed by atoms with E-state index >= 15 is 0 Å². The summed E-state index contributed by atoms with van der Waals surface area (Å²) in [4.78, 5) is 20.9. The third-order valence-electron chi connectivity index (χ3n) is 2.77. The number of carbonyl (C=O) groups excluding carboxylic acids is 1. The summed E-state index contributed by atoms with van der Waals surface area (Å²) in [6.07, 6.45) is 1.76. The summed E-state index contributed by atoms with van der Waals surface area (Å²) < 4.78 is 5.23. The van der Waals surface area contributed by atoms with E-state index in [-0.39, 0.29) is 5.91 Å². The number of nitrogens with two attached hydrogens (primary N) is 1. The van der Waals surface area contributed by atoms with E-state index in [1.54, 1.807) is 6.20 Å². The molecule has 7 heteroatoms. The summed E-state index contributed by atoms with van der Waals surface area (Å²) in [5, 5.41) is 0.568. The fourth-order valence-electron chi connectivity index (χ4n) is 1.86. The lowest BCUT2D eigenvalue weighted by molar-refractivity contribution is -0.136. The molecule has 1 aliphatic heterocycles. The summed E-state index contributed by atoms with van der Waals surface area (Å²) in [5.74, 6) is 0.151. The second-order valence-electron chi connectivity index (χ2n) is 4.33. The number of hydrogen-bond acceptors (Lipinski definition) is 6. The van der Waals surface area contributed by atoms with Crippen molar-refractivity contribution in [3.05, 3.63) is 11.1 Å². The van der Waals surface area contributed by atoms with Gasteiger partial charge in [-0.05, 0) is 7.05 Å². The maximum absolute atomic E-state index is 12.0. The van der Waals surface area contributed by atoms with Crippen LogP contribution in [0, 0.1) is 0 Å². The molecule has 0 bridgehead atoms. The summed E-state index contributed by atoms with van der Waals surface area (Å²) >= 11 is 1.46. The van der Waals surface area contributed by atoms with Crippen molar-refractivity contribution in [2.24, 2.45) is 0 Å². The lowest BCUT2D eigenvalue weighted by Crippen LogP contribution is -2.44. The number of aromatic nitrogens is 1. The Morgan fingerprint density at radius 3 is 2.94 bits per heavy atom. The Balaban J connectivity index is 1.79. The molecule has 1 amide bonds. The van der Waals surface area contributed by atoms with Crippen LogP contribution in [-0.2, 0) is 16.1 Å². The number of carbonyl (C=O) groups is 1. The van der Waals surface area contributed by atoms with Gasteiger partial charge in [-0.3, -0.25) is 9.69 Å². The molecule has 2 rings (SSSR count). The van der Waals surface area contributed by atoms with Gasteiger partial charge in [-0.25, -0.2) is 4.98 Å². The summed E-state index contributed by atoms with van der Waals surface area (Å²) in [7, 11) is 1.92. The lowest BCUT2D eigenvalue weighted by atomic mass is 10.3. The Bertz CT molecular complexity index is 404. The molecule has 0 unspecified atom stereocenters. The van der Waals surface area contributed by atoms with E-state index in [0.717, 1.165) is 4.88 Å². The fraction of sp³-hybridized carbons (Fsp3) is 0.636. The van der Waals surface area contributed by atoms with Crippen LogP contribution in [0.2, 0.25) is 0 Å². The summed E-state index contributed by atoms with van der Waals surface area (Å²) in [6.45, 7) is 3.78. The number of likely N-dealkylation sites (N-methyl/N-ethyl adjacent to an activating group) is 1. The third kappa shape index (κ3) is 3.66. The number of anilines is 1. The SMILES string of the molecule is CN(CC(=O)N1CCOCC1)Cc1cnc(N)s1. The molecule has 0 atom stereocenters. The smallest absolute Gasteiger partial charge is 0.236 e. The zero-order chi connectivity index (χ0) is 13.0.